The number of anilines is 1. The standard InChI is InChI=1S/C16H17NO/c1-4-13(3)14(5-2)10-11-15-8-6-7-9-16(15)17-12-18/h4-12H,1-2H2,3H3,(H,17,18)/b11-10-,14-13+. The molecule has 0 aliphatic rings. The van der Waals surface area contributed by atoms with Gasteiger partial charge in [-0.3, -0.25) is 4.79 Å². The van der Waals surface area contributed by atoms with E-state index in [-0.39, 0.29) is 0 Å². The van der Waals surface area contributed by atoms with E-state index in [1.54, 1.807) is 12.2 Å². The molecule has 0 saturated carbocycles. The van der Waals surface area contributed by atoms with Gasteiger partial charge in [0.15, 0.2) is 0 Å². The monoisotopic (exact) mass is 239 g/mol. The first-order valence-corrected chi connectivity index (χ1v) is 5.66. The molecule has 0 spiro atoms. The van der Waals surface area contributed by atoms with Crippen LogP contribution < -0.4 is 5.32 Å². The molecular weight excluding hydrogens is 222 g/mol. The molecule has 92 valence electrons. The second-order valence-electron chi connectivity index (χ2n) is 3.73. The van der Waals surface area contributed by atoms with Crippen molar-refractivity contribution < 1.29 is 4.79 Å². The van der Waals surface area contributed by atoms with Crippen LogP contribution in [0.25, 0.3) is 6.08 Å². The van der Waals surface area contributed by atoms with Gasteiger partial charge in [0.25, 0.3) is 0 Å². The highest BCUT2D eigenvalue weighted by Gasteiger charge is 1.97. The van der Waals surface area contributed by atoms with Crippen LogP contribution in [0.15, 0.2) is 66.8 Å². The Morgan fingerprint density at radius 3 is 2.56 bits per heavy atom. The van der Waals surface area contributed by atoms with Crippen molar-refractivity contribution in [2.45, 2.75) is 6.92 Å². The van der Waals surface area contributed by atoms with Gasteiger partial charge < -0.3 is 5.32 Å². The van der Waals surface area contributed by atoms with E-state index < -0.39 is 0 Å². The maximum atomic E-state index is 10.5. The Kier molecular flexibility index (Phi) is 5.39. The van der Waals surface area contributed by atoms with Gasteiger partial charge in [0.2, 0.25) is 6.41 Å². The lowest BCUT2D eigenvalue weighted by atomic mass is 10.1. The fourth-order valence-corrected chi connectivity index (χ4v) is 1.50. The van der Waals surface area contributed by atoms with E-state index in [1.807, 2.05) is 43.3 Å². The molecule has 1 N–H and O–H groups in total. The van der Waals surface area contributed by atoms with Crippen LogP contribution in [-0.2, 0) is 4.79 Å². The van der Waals surface area contributed by atoms with Crippen LogP contribution in [0.3, 0.4) is 0 Å². The van der Waals surface area contributed by atoms with Crippen molar-refractivity contribution in [1.82, 2.24) is 0 Å². The van der Waals surface area contributed by atoms with Gasteiger partial charge in [-0.25, -0.2) is 0 Å². The smallest absolute Gasteiger partial charge is 0.211 e. The van der Waals surface area contributed by atoms with Crippen LogP contribution in [0.4, 0.5) is 5.69 Å². The van der Waals surface area contributed by atoms with Crippen molar-refractivity contribution >= 4 is 18.2 Å². The minimum absolute atomic E-state index is 0.673. The van der Waals surface area contributed by atoms with Crippen molar-refractivity contribution in [3.05, 3.63) is 72.4 Å². The average molecular weight is 239 g/mol. The molecule has 1 amide bonds. The zero-order chi connectivity index (χ0) is 13.4. The molecule has 0 fully saturated rings. The van der Waals surface area contributed by atoms with E-state index in [9.17, 15) is 4.79 Å². The lowest BCUT2D eigenvalue weighted by molar-refractivity contribution is -0.105. The second-order valence-corrected chi connectivity index (χ2v) is 3.73. The summed E-state index contributed by atoms with van der Waals surface area (Å²) in [6, 6.07) is 7.59. The van der Waals surface area contributed by atoms with E-state index in [1.165, 1.54) is 0 Å². The van der Waals surface area contributed by atoms with Crippen LogP contribution in [0.5, 0.6) is 0 Å². The zero-order valence-electron chi connectivity index (χ0n) is 10.5. The predicted molar refractivity (Wildman–Crippen MR) is 78.3 cm³/mol. The van der Waals surface area contributed by atoms with E-state index >= 15 is 0 Å². The van der Waals surface area contributed by atoms with Crippen LogP contribution in [0.2, 0.25) is 0 Å². The first-order chi connectivity index (χ1) is 8.72. The molecule has 0 aliphatic carbocycles. The van der Waals surface area contributed by atoms with Gasteiger partial charge in [-0.15, -0.1) is 0 Å². The number of hydrogen-bond acceptors (Lipinski definition) is 1. The highest BCUT2D eigenvalue weighted by Crippen LogP contribution is 2.18. The molecule has 1 aromatic carbocycles. The summed E-state index contributed by atoms with van der Waals surface area (Å²) in [5.41, 5.74) is 3.79. The molecule has 0 aliphatic heterocycles. The van der Waals surface area contributed by atoms with Crippen LogP contribution in [-0.4, -0.2) is 6.41 Å². The molecule has 1 aromatic rings. The Balaban J connectivity index is 3.07. The molecule has 0 bridgehead atoms. The molecule has 0 unspecified atom stereocenters. The maximum absolute atomic E-state index is 10.5. The number of para-hydroxylation sites is 1. The SMILES string of the molecule is C=C/C(C)=C(C=C)/C=C\c1ccccc1NC=O. The van der Waals surface area contributed by atoms with E-state index in [0.29, 0.717) is 6.41 Å². The number of carbonyl (C=O) groups excluding carboxylic acids is 1. The number of benzene rings is 1. The fourth-order valence-electron chi connectivity index (χ4n) is 1.50. The second kappa shape index (κ2) is 7.07. The first kappa shape index (κ1) is 13.7. The number of rotatable bonds is 6. The first-order valence-electron chi connectivity index (χ1n) is 5.66. The number of carbonyl (C=O) groups is 1. The molecule has 0 heterocycles. The van der Waals surface area contributed by atoms with Gasteiger partial charge in [0.1, 0.15) is 0 Å². The fraction of sp³-hybridized carbons (Fsp3) is 0.0625. The van der Waals surface area contributed by atoms with Crippen molar-refractivity contribution in [3.63, 3.8) is 0 Å². The van der Waals surface area contributed by atoms with Gasteiger partial charge in [-0.2, -0.15) is 0 Å². The zero-order valence-corrected chi connectivity index (χ0v) is 10.5. The average Bonchev–Trinajstić information content (AvgIpc) is 2.41. The van der Waals surface area contributed by atoms with Crippen LogP contribution in [0, 0.1) is 0 Å². The Bertz CT molecular complexity index is 510. The van der Waals surface area contributed by atoms with Gasteiger partial charge >= 0.3 is 0 Å². The summed E-state index contributed by atoms with van der Waals surface area (Å²) in [6.45, 7) is 9.48. The maximum Gasteiger partial charge on any atom is 0.211 e. The largest absolute Gasteiger partial charge is 0.328 e. The van der Waals surface area contributed by atoms with Gasteiger partial charge in [-0.05, 0) is 29.7 Å². The predicted octanol–water partition coefficient (Wildman–Crippen LogP) is 3.96. The van der Waals surface area contributed by atoms with Gasteiger partial charge in [0.05, 0.1) is 0 Å². The van der Waals surface area contributed by atoms with Crippen molar-refractivity contribution in [2.75, 3.05) is 5.32 Å². The summed E-state index contributed by atoms with van der Waals surface area (Å²) >= 11 is 0. The highest BCUT2D eigenvalue weighted by atomic mass is 16.1. The number of allylic oxidation sites excluding steroid dienone is 5. The van der Waals surface area contributed by atoms with E-state index in [4.69, 9.17) is 0 Å². The molecule has 2 heteroatoms. The highest BCUT2D eigenvalue weighted by molar-refractivity contribution is 5.78. The third kappa shape index (κ3) is 3.59. The van der Waals surface area contributed by atoms with Crippen molar-refractivity contribution in [1.29, 1.82) is 0 Å². The molecule has 2 nitrogen and oxygen atoms in total. The van der Waals surface area contributed by atoms with Crippen molar-refractivity contribution in [2.24, 2.45) is 0 Å². The van der Waals surface area contributed by atoms with Gasteiger partial charge in [-0.1, -0.05) is 55.7 Å². The molecule has 0 radical (unpaired) electrons. The molecule has 1 rings (SSSR count). The molecule has 0 aromatic heterocycles. The molecule has 0 saturated heterocycles. The molecule has 0 atom stereocenters. The summed E-state index contributed by atoms with van der Waals surface area (Å²) in [5.74, 6) is 0. The van der Waals surface area contributed by atoms with E-state index in [0.717, 1.165) is 22.4 Å². The number of hydrogen-bond donors (Lipinski definition) is 1. The van der Waals surface area contributed by atoms with Crippen molar-refractivity contribution in [3.8, 4) is 0 Å². The normalized spacial score (nSPS) is 11.8. The summed E-state index contributed by atoms with van der Waals surface area (Å²) in [6.07, 6.45) is 8.14. The van der Waals surface area contributed by atoms with Gasteiger partial charge in [0, 0.05) is 5.69 Å². The Morgan fingerprint density at radius 1 is 1.22 bits per heavy atom. The summed E-state index contributed by atoms with van der Waals surface area (Å²) < 4.78 is 0. The minimum Gasteiger partial charge on any atom is -0.328 e. The van der Waals surface area contributed by atoms with Crippen LogP contribution >= 0.6 is 0 Å². The summed E-state index contributed by atoms with van der Waals surface area (Å²) in [4.78, 5) is 10.5. The lowest BCUT2D eigenvalue weighted by Gasteiger charge is -2.04. The number of amides is 1. The molecular formula is C16H17NO. The quantitative estimate of drug-likeness (QED) is 0.591. The molecule has 18 heavy (non-hydrogen) atoms. The van der Waals surface area contributed by atoms with E-state index in [2.05, 4.69) is 18.5 Å². The number of nitrogens with one attached hydrogen (secondary N) is 1. The summed E-state index contributed by atoms with van der Waals surface area (Å²) in [7, 11) is 0. The minimum atomic E-state index is 0.673. The Labute approximate surface area is 108 Å². The third-order valence-electron chi connectivity index (χ3n) is 2.60. The Morgan fingerprint density at radius 2 is 1.94 bits per heavy atom. The topological polar surface area (TPSA) is 29.1 Å². The van der Waals surface area contributed by atoms with Crippen LogP contribution in [0.1, 0.15) is 12.5 Å². The summed E-state index contributed by atoms with van der Waals surface area (Å²) in [5, 5.41) is 2.67. The third-order valence-corrected chi connectivity index (χ3v) is 2.60. The Hall–Kier alpha value is -2.35. The lowest BCUT2D eigenvalue weighted by Crippen LogP contribution is -1.95.